The molecule has 2 amide bonds. The van der Waals surface area contributed by atoms with Crippen LogP contribution in [0.1, 0.15) is 16.7 Å². The molecule has 2 aromatic rings. The fourth-order valence-electron chi connectivity index (χ4n) is 2.43. The van der Waals surface area contributed by atoms with Crippen molar-refractivity contribution in [1.29, 1.82) is 0 Å². The molecular weight excluding hydrogens is 288 g/mol. The van der Waals surface area contributed by atoms with Gasteiger partial charge in [0.15, 0.2) is 0 Å². The molecule has 0 unspecified atom stereocenters. The molecule has 0 aliphatic heterocycles. The normalized spacial score (nSPS) is 10.3. The number of pyridine rings is 1. The van der Waals surface area contributed by atoms with Crippen LogP contribution in [0, 0.1) is 13.8 Å². The van der Waals surface area contributed by atoms with E-state index in [1.54, 1.807) is 24.3 Å². The molecule has 23 heavy (non-hydrogen) atoms. The molecule has 0 radical (unpaired) electrons. The summed E-state index contributed by atoms with van der Waals surface area (Å²) in [6, 6.07) is 7.85. The maximum atomic E-state index is 12.4. The highest BCUT2D eigenvalue weighted by molar-refractivity contribution is 5.91. The quantitative estimate of drug-likeness (QED) is 0.941. The molecular formula is C18H24N4O. The van der Waals surface area contributed by atoms with Gasteiger partial charge in [0.1, 0.15) is 0 Å². The van der Waals surface area contributed by atoms with Crippen molar-refractivity contribution >= 4 is 17.4 Å². The number of anilines is 2. The molecule has 0 aliphatic rings. The third kappa shape index (κ3) is 4.22. The number of nitrogens with one attached hydrogen (secondary N) is 1. The van der Waals surface area contributed by atoms with Crippen LogP contribution in [0.4, 0.5) is 16.2 Å². The first-order valence-corrected chi connectivity index (χ1v) is 7.58. The van der Waals surface area contributed by atoms with Gasteiger partial charge >= 0.3 is 6.03 Å². The smallest absolute Gasteiger partial charge is 0.321 e. The molecule has 2 rings (SSSR count). The van der Waals surface area contributed by atoms with Crippen molar-refractivity contribution in [3.8, 4) is 0 Å². The standard InChI is InChI=1S/C18H24N4O/c1-13-10-16(21(3)4)11-14(2)17(13)20-18(23)22(5)12-15-6-8-19-9-7-15/h6-11H,12H2,1-5H3,(H,20,23). The largest absolute Gasteiger partial charge is 0.378 e. The van der Waals surface area contributed by atoms with E-state index in [2.05, 4.69) is 27.3 Å². The first-order chi connectivity index (χ1) is 10.9. The van der Waals surface area contributed by atoms with Crippen LogP contribution in [0.15, 0.2) is 36.7 Å². The van der Waals surface area contributed by atoms with Crippen molar-refractivity contribution in [2.45, 2.75) is 20.4 Å². The number of benzene rings is 1. The van der Waals surface area contributed by atoms with E-state index in [9.17, 15) is 4.79 Å². The Morgan fingerprint density at radius 3 is 2.17 bits per heavy atom. The Morgan fingerprint density at radius 2 is 1.65 bits per heavy atom. The van der Waals surface area contributed by atoms with E-state index in [0.29, 0.717) is 6.54 Å². The van der Waals surface area contributed by atoms with Crippen molar-refractivity contribution in [3.63, 3.8) is 0 Å². The van der Waals surface area contributed by atoms with Gasteiger partial charge in [-0.3, -0.25) is 4.98 Å². The van der Waals surface area contributed by atoms with Gasteiger partial charge in [0.05, 0.1) is 0 Å². The molecule has 0 saturated carbocycles. The number of carbonyl (C=O) groups excluding carboxylic acids is 1. The molecule has 0 atom stereocenters. The Bertz CT molecular complexity index is 660. The minimum atomic E-state index is -0.120. The predicted octanol–water partition coefficient (Wildman–Crippen LogP) is 3.43. The van der Waals surface area contributed by atoms with Crippen LogP contribution in [0.5, 0.6) is 0 Å². The fraction of sp³-hybridized carbons (Fsp3) is 0.333. The Balaban J connectivity index is 2.11. The molecule has 5 heteroatoms. The van der Waals surface area contributed by atoms with Crippen LogP contribution in [-0.4, -0.2) is 37.1 Å². The van der Waals surface area contributed by atoms with Gasteiger partial charge in [-0.15, -0.1) is 0 Å². The second-order valence-electron chi connectivity index (χ2n) is 5.99. The zero-order chi connectivity index (χ0) is 17.0. The number of hydrogen-bond acceptors (Lipinski definition) is 3. The molecule has 1 heterocycles. The molecule has 1 aromatic heterocycles. The lowest BCUT2D eigenvalue weighted by atomic mass is 10.1. The average Bonchev–Trinajstić information content (AvgIpc) is 2.51. The van der Waals surface area contributed by atoms with Gasteiger partial charge in [0, 0.05) is 51.5 Å². The van der Waals surface area contributed by atoms with E-state index in [-0.39, 0.29) is 6.03 Å². The maximum Gasteiger partial charge on any atom is 0.321 e. The van der Waals surface area contributed by atoms with Gasteiger partial charge in [-0.05, 0) is 54.8 Å². The number of aromatic nitrogens is 1. The summed E-state index contributed by atoms with van der Waals surface area (Å²) in [6.45, 7) is 4.57. The zero-order valence-electron chi connectivity index (χ0n) is 14.4. The van der Waals surface area contributed by atoms with Gasteiger partial charge < -0.3 is 15.1 Å². The number of amides is 2. The van der Waals surface area contributed by atoms with Crippen LogP contribution in [-0.2, 0) is 6.54 Å². The summed E-state index contributed by atoms with van der Waals surface area (Å²) in [4.78, 5) is 20.1. The highest BCUT2D eigenvalue weighted by Gasteiger charge is 2.13. The number of rotatable bonds is 4. The lowest BCUT2D eigenvalue weighted by Gasteiger charge is -2.21. The summed E-state index contributed by atoms with van der Waals surface area (Å²) in [6.07, 6.45) is 3.46. The SMILES string of the molecule is Cc1cc(N(C)C)cc(C)c1NC(=O)N(C)Cc1ccncc1. The minimum Gasteiger partial charge on any atom is -0.378 e. The van der Waals surface area contributed by atoms with Crippen LogP contribution in [0.25, 0.3) is 0 Å². The van der Waals surface area contributed by atoms with E-state index >= 15 is 0 Å². The highest BCUT2D eigenvalue weighted by Crippen LogP contribution is 2.26. The van der Waals surface area contributed by atoms with E-state index in [4.69, 9.17) is 0 Å². The summed E-state index contributed by atoms with van der Waals surface area (Å²) in [7, 11) is 5.80. The van der Waals surface area contributed by atoms with Crippen molar-refractivity contribution < 1.29 is 4.79 Å². The Hall–Kier alpha value is -2.56. The van der Waals surface area contributed by atoms with Crippen molar-refractivity contribution in [3.05, 3.63) is 53.3 Å². The molecule has 0 aliphatic carbocycles. The van der Waals surface area contributed by atoms with Crippen LogP contribution in [0.3, 0.4) is 0 Å². The minimum absolute atomic E-state index is 0.120. The van der Waals surface area contributed by atoms with Crippen LogP contribution in [0.2, 0.25) is 0 Å². The van der Waals surface area contributed by atoms with Crippen LogP contribution < -0.4 is 10.2 Å². The molecule has 0 spiro atoms. The first-order valence-electron chi connectivity index (χ1n) is 7.58. The van der Waals surface area contributed by atoms with Crippen molar-refractivity contribution in [2.24, 2.45) is 0 Å². The number of urea groups is 1. The molecule has 0 bridgehead atoms. The molecule has 1 aromatic carbocycles. The summed E-state index contributed by atoms with van der Waals surface area (Å²) in [5.74, 6) is 0. The van der Waals surface area contributed by atoms with E-state index in [0.717, 1.165) is 28.1 Å². The second kappa shape index (κ2) is 7.13. The van der Waals surface area contributed by atoms with Crippen LogP contribution >= 0.6 is 0 Å². The molecule has 0 saturated heterocycles. The van der Waals surface area contributed by atoms with E-state index in [1.807, 2.05) is 40.1 Å². The number of carbonyl (C=O) groups is 1. The van der Waals surface area contributed by atoms with Gasteiger partial charge in [0.2, 0.25) is 0 Å². The van der Waals surface area contributed by atoms with Gasteiger partial charge in [-0.1, -0.05) is 0 Å². The summed E-state index contributed by atoms with van der Waals surface area (Å²) < 4.78 is 0. The van der Waals surface area contributed by atoms with Crippen molar-refractivity contribution in [1.82, 2.24) is 9.88 Å². The molecule has 122 valence electrons. The third-order valence-corrected chi connectivity index (χ3v) is 3.78. The summed E-state index contributed by atoms with van der Waals surface area (Å²) in [5.41, 5.74) is 5.16. The number of aryl methyl sites for hydroxylation is 2. The summed E-state index contributed by atoms with van der Waals surface area (Å²) >= 11 is 0. The second-order valence-corrected chi connectivity index (χ2v) is 5.99. The Labute approximate surface area is 137 Å². The number of hydrogen-bond donors (Lipinski definition) is 1. The third-order valence-electron chi connectivity index (χ3n) is 3.78. The topological polar surface area (TPSA) is 48.5 Å². The number of nitrogens with zero attached hydrogens (tertiary/aromatic N) is 3. The van der Waals surface area contributed by atoms with E-state index < -0.39 is 0 Å². The first kappa shape index (κ1) is 16.8. The van der Waals surface area contributed by atoms with Crippen molar-refractivity contribution in [2.75, 3.05) is 31.4 Å². The van der Waals surface area contributed by atoms with Gasteiger partial charge in [-0.2, -0.15) is 0 Å². The van der Waals surface area contributed by atoms with Gasteiger partial charge in [0.25, 0.3) is 0 Å². The molecule has 0 fully saturated rings. The predicted molar refractivity (Wildman–Crippen MR) is 95.0 cm³/mol. The lowest BCUT2D eigenvalue weighted by molar-refractivity contribution is 0.220. The lowest BCUT2D eigenvalue weighted by Crippen LogP contribution is -2.31. The fourth-order valence-corrected chi connectivity index (χ4v) is 2.43. The van der Waals surface area contributed by atoms with E-state index in [1.165, 1.54) is 0 Å². The summed E-state index contributed by atoms with van der Waals surface area (Å²) in [5, 5.41) is 3.02. The molecule has 1 N–H and O–H groups in total. The highest BCUT2D eigenvalue weighted by atomic mass is 16.2. The zero-order valence-corrected chi connectivity index (χ0v) is 14.4. The average molecular weight is 312 g/mol. The van der Waals surface area contributed by atoms with Gasteiger partial charge in [-0.25, -0.2) is 4.79 Å². The Morgan fingerprint density at radius 1 is 1.09 bits per heavy atom. The Kier molecular flexibility index (Phi) is 5.21. The monoisotopic (exact) mass is 312 g/mol. The molecule has 5 nitrogen and oxygen atoms in total. The maximum absolute atomic E-state index is 12.4.